The molecule has 0 fully saturated rings. The molecular formula is C58H38N4O4. The minimum Gasteiger partial charge on any atom is -0.358 e. The molecule has 2 aliphatic rings. The fourth-order valence-electron chi connectivity index (χ4n) is 9.61. The zero-order valence-electron chi connectivity index (χ0n) is 35.2. The Balaban J connectivity index is 0.939. The number of aliphatic hydroxyl groups is 4. The van der Waals surface area contributed by atoms with Gasteiger partial charge < -0.3 is 30.2 Å². The van der Waals surface area contributed by atoms with E-state index in [4.69, 9.17) is 0 Å². The van der Waals surface area contributed by atoms with Crippen LogP contribution in [-0.4, -0.2) is 20.4 Å². The second kappa shape index (κ2) is 15.6. The van der Waals surface area contributed by atoms with E-state index in [0.717, 1.165) is 34.1 Å². The Morgan fingerprint density at radius 3 is 0.894 bits per heavy atom. The standard InChI is InChI=1S/C58H38N4O4/c59-35-39-30-52(38-22-26-48-50-28-24-46(34-56(50)58(65,66)54(48)32-38)62(43-17-9-3-10-18-43)44-19-11-4-12-20-44)40(36-60)29-51(39)37-21-25-47-49-27-23-45(33-55(49)57(63,64)53(47)31-37)61(41-13-5-1-6-14-41)42-15-7-2-8-16-42/h1-34,63-66H. The van der Waals surface area contributed by atoms with E-state index in [9.17, 15) is 30.9 Å². The molecule has 66 heavy (non-hydrogen) atoms. The van der Waals surface area contributed by atoms with Gasteiger partial charge in [0.1, 0.15) is 0 Å². The molecule has 8 heteroatoms. The van der Waals surface area contributed by atoms with E-state index in [-0.39, 0.29) is 22.3 Å². The Morgan fingerprint density at radius 2 is 0.591 bits per heavy atom. The largest absolute Gasteiger partial charge is 0.358 e. The molecule has 0 aliphatic heterocycles. The van der Waals surface area contributed by atoms with Crippen LogP contribution < -0.4 is 9.80 Å². The van der Waals surface area contributed by atoms with Crippen molar-refractivity contribution < 1.29 is 20.4 Å². The summed E-state index contributed by atoms with van der Waals surface area (Å²) in [4.78, 5) is 4.11. The summed E-state index contributed by atoms with van der Waals surface area (Å²) in [5.41, 5.74) is 11.3. The van der Waals surface area contributed by atoms with E-state index < -0.39 is 11.6 Å². The first-order valence-electron chi connectivity index (χ1n) is 21.4. The van der Waals surface area contributed by atoms with Crippen LogP contribution in [0.2, 0.25) is 0 Å². The van der Waals surface area contributed by atoms with Crippen molar-refractivity contribution in [2.24, 2.45) is 0 Å². The summed E-state index contributed by atoms with van der Waals surface area (Å²) in [5.74, 6) is -4.74. The zero-order valence-corrected chi connectivity index (χ0v) is 35.2. The van der Waals surface area contributed by atoms with Gasteiger partial charge in [0, 0.05) is 67.5 Å². The lowest BCUT2D eigenvalue weighted by Crippen LogP contribution is -2.24. The van der Waals surface area contributed by atoms with Gasteiger partial charge in [-0.2, -0.15) is 10.5 Å². The van der Waals surface area contributed by atoms with Gasteiger partial charge >= 0.3 is 0 Å². The molecule has 2 aliphatic carbocycles. The predicted octanol–water partition coefficient (Wildman–Crippen LogP) is 12.0. The molecule has 0 bridgehead atoms. The van der Waals surface area contributed by atoms with E-state index in [2.05, 4.69) is 21.9 Å². The third kappa shape index (κ3) is 6.45. The van der Waals surface area contributed by atoms with E-state index in [1.807, 2.05) is 170 Å². The average molecular weight is 855 g/mol. The minimum absolute atomic E-state index is 0.249. The van der Waals surface area contributed by atoms with Crippen LogP contribution in [0.3, 0.4) is 0 Å². The molecule has 0 aromatic heterocycles. The molecule has 9 aromatic carbocycles. The number of nitriles is 2. The lowest BCUT2D eigenvalue weighted by molar-refractivity contribution is -0.129. The van der Waals surface area contributed by atoms with E-state index >= 15 is 0 Å². The monoisotopic (exact) mass is 854 g/mol. The highest BCUT2D eigenvalue weighted by atomic mass is 16.5. The van der Waals surface area contributed by atoms with Gasteiger partial charge in [-0.3, -0.25) is 0 Å². The van der Waals surface area contributed by atoms with Crippen molar-refractivity contribution in [1.82, 2.24) is 0 Å². The number of fused-ring (bicyclic) bond motifs is 6. The molecule has 0 spiro atoms. The van der Waals surface area contributed by atoms with Crippen LogP contribution in [0.1, 0.15) is 33.4 Å². The SMILES string of the molecule is N#Cc1cc(-c2ccc3c(c2)C(O)(O)c2cc(N(c4ccccc4)c4ccccc4)ccc2-3)c(C#N)cc1-c1ccc2c(c1)C(O)(O)c1cc(N(c3ccccc3)c3ccccc3)ccc1-2. The molecule has 0 radical (unpaired) electrons. The van der Waals surface area contributed by atoms with Gasteiger partial charge in [-0.15, -0.1) is 0 Å². The number of anilines is 6. The van der Waals surface area contributed by atoms with Crippen LogP contribution in [0, 0.1) is 22.7 Å². The average Bonchev–Trinajstić information content (AvgIpc) is 3.73. The van der Waals surface area contributed by atoms with Gasteiger partial charge in [0.15, 0.2) is 0 Å². The molecule has 0 atom stereocenters. The van der Waals surface area contributed by atoms with Crippen LogP contribution in [0.25, 0.3) is 44.5 Å². The van der Waals surface area contributed by atoms with E-state index in [1.54, 1.807) is 36.4 Å². The lowest BCUT2D eigenvalue weighted by atomic mass is 9.89. The molecule has 0 saturated heterocycles. The van der Waals surface area contributed by atoms with Crippen molar-refractivity contribution in [3.05, 3.63) is 240 Å². The molecule has 0 unspecified atom stereocenters. The second-order valence-corrected chi connectivity index (χ2v) is 16.5. The number of benzene rings is 9. The Kier molecular flexibility index (Phi) is 9.49. The smallest absolute Gasteiger partial charge is 0.218 e. The lowest BCUT2D eigenvalue weighted by Gasteiger charge is -2.27. The number of para-hydroxylation sites is 4. The number of hydrogen-bond donors (Lipinski definition) is 4. The fraction of sp³-hybridized carbons (Fsp3) is 0.0345. The molecule has 8 nitrogen and oxygen atoms in total. The first kappa shape index (κ1) is 40.2. The van der Waals surface area contributed by atoms with Crippen LogP contribution in [0.4, 0.5) is 34.1 Å². The maximum absolute atomic E-state index is 11.9. The molecule has 11 rings (SSSR count). The van der Waals surface area contributed by atoms with E-state index in [0.29, 0.717) is 55.6 Å². The highest BCUT2D eigenvalue weighted by Gasteiger charge is 2.42. The molecule has 0 amide bonds. The summed E-state index contributed by atoms with van der Waals surface area (Å²) in [6.45, 7) is 0. The first-order valence-corrected chi connectivity index (χ1v) is 21.4. The normalized spacial score (nSPS) is 13.4. The van der Waals surface area contributed by atoms with Crippen molar-refractivity contribution >= 4 is 34.1 Å². The highest BCUT2D eigenvalue weighted by molar-refractivity contribution is 5.90. The quantitative estimate of drug-likeness (QED) is 0.111. The van der Waals surface area contributed by atoms with Crippen LogP contribution in [-0.2, 0) is 11.6 Å². The summed E-state index contributed by atoms with van der Waals surface area (Å²) in [6.07, 6.45) is 0. The van der Waals surface area contributed by atoms with Crippen LogP contribution >= 0.6 is 0 Å². The highest BCUT2D eigenvalue weighted by Crippen LogP contribution is 2.52. The fourth-order valence-corrected chi connectivity index (χ4v) is 9.61. The molecule has 0 saturated carbocycles. The van der Waals surface area contributed by atoms with Crippen LogP contribution in [0.5, 0.6) is 0 Å². The third-order valence-electron chi connectivity index (χ3n) is 12.7. The van der Waals surface area contributed by atoms with Gasteiger partial charge in [0.05, 0.1) is 23.3 Å². The molecule has 9 aromatic rings. The third-order valence-corrected chi connectivity index (χ3v) is 12.7. The Bertz CT molecular complexity index is 3140. The van der Waals surface area contributed by atoms with Crippen LogP contribution in [0.15, 0.2) is 206 Å². The summed E-state index contributed by atoms with van der Waals surface area (Å²) < 4.78 is 0. The summed E-state index contributed by atoms with van der Waals surface area (Å²) in [5, 5.41) is 69.0. The van der Waals surface area contributed by atoms with Crippen molar-refractivity contribution in [2.45, 2.75) is 11.6 Å². The second-order valence-electron chi connectivity index (χ2n) is 16.5. The Morgan fingerprint density at radius 1 is 0.303 bits per heavy atom. The molecule has 314 valence electrons. The summed E-state index contributed by atoms with van der Waals surface area (Å²) >= 11 is 0. The minimum atomic E-state index is -2.37. The molecule has 4 N–H and O–H groups in total. The topological polar surface area (TPSA) is 135 Å². The maximum atomic E-state index is 11.9. The van der Waals surface area contributed by atoms with Gasteiger partial charge in [-0.05, 0) is 130 Å². The van der Waals surface area contributed by atoms with Gasteiger partial charge in [-0.25, -0.2) is 0 Å². The summed E-state index contributed by atoms with van der Waals surface area (Å²) in [7, 11) is 0. The number of rotatable bonds is 8. The number of hydrogen-bond acceptors (Lipinski definition) is 8. The molecule has 0 heterocycles. The van der Waals surface area contributed by atoms with Gasteiger partial charge in [0.2, 0.25) is 11.6 Å². The zero-order chi connectivity index (χ0) is 45.2. The van der Waals surface area contributed by atoms with Crippen molar-refractivity contribution in [3.8, 4) is 56.6 Å². The Labute approximate surface area is 381 Å². The van der Waals surface area contributed by atoms with E-state index in [1.165, 1.54) is 0 Å². The van der Waals surface area contributed by atoms with Crippen molar-refractivity contribution in [2.75, 3.05) is 9.80 Å². The van der Waals surface area contributed by atoms with Crippen molar-refractivity contribution in [1.29, 1.82) is 10.5 Å². The number of nitrogens with zero attached hydrogens (tertiary/aromatic N) is 4. The summed E-state index contributed by atoms with van der Waals surface area (Å²) in [6, 6.07) is 69.2. The molecular weight excluding hydrogens is 817 g/mol. The van der Waals surface area contributed by atoms with Gasteiger partial charge in [0.25, 0.3) is 0 Å². The Hall–Kier alpha value is -8.60. The predicted molar refractivity (Wildman–Crippen MR) is 257 cm³/mol. The first-order chi connectivity index (χ1) is 32.1. The van der Waals surface area contributed by atoms with Gasteiger partial charge in [-0.1, -0.05) is 109 Å². The van der Waals surface area contributed by atoms with Crippen molar-refractivity contribution in [3.63, 3.8) is 0 Å². The maximum Gasteiger partial charge on any atom is 0.218 e.